The summed E-state index contributed by atoms with van der Waals surface area (Å²) in [5, 5.41) is 14.1. The van der Waals surface area contributed by atoms with Gasteiger partial charge in [0.1, 0.15) is 23.0 Å². The molecule has 5 aromatic heterocycles. The van der Waals surface area contributed by atoms with Gasteiger partial charge in [-0.15, -0.1) is 0 Å². The summed E-state index contributed by atoms with van der Waals surface area (Å²) in [4.78, 5) is 93.9. The Kier molecular flexibility index (Phi) is 27.5. The number of carbonyl (C=O) groups excluding carboxylic acids is 6. The molecule has 0 aliphatic heterocycles. The lowest BCUT2D eigenvalue weighted by Crippen LogP contribution is -2.21. The van der Waals surface area contributed by atoms with Gasteiger partial charge in [0.25, 0.3) is 0 Å². The third-order valence-corrected chi connectivity index (χ3v) is 10.8. The van der Waals surface area contributed by atoms with Crippen molar-refractivity contribution in [2.75, 3.05) is 40.8 Å². The zero-order chi connectivity index (χ0) is 57.4. The standard InChI is InChI=1S/C13H18N2O.C12H16N2O3.C12H18N2O2.C10H13ClN2O.C9H13N3O/c1-8(2)13(16)15-12-11(10-5-6-10)7-4-9(3)14-12;1-7(2)11(15)14-10-9(12(16)17-4)6-5-8(3)13-10;1-8(2)12(15)14-11-10(7-16-4)6-5-9(3)13-11;1-6(2)10(14)13-9-8(11)5-4-7(3)12-9;1-6(2)9(13)12-8-5-10-4-7(3)11-8/h4,7-8,10H,5-6H2,1-3H3,(H,14,15,16);5-7H,1-4H3,(H,13,14,15);5-6,8H,7H2,1-4H3,(H,13,14,15);4-6H,1-3H3,(H,12,13,14);4-6H,1-3H3,(H,11,12,13). The first kappa shape index (κ1) is 64.9. The van der Waals surface area contributed by atoms with E-state index in [4.69, 9.17) is 16.3 Å². The van der Waals surface area contributed by atoms with Gasteiger partial charge in [-0.3, -0.25) is 29.0 Å². The fourth-order valence-electron chi connectivity index (χ4n) is 5.75. The van der Waals surface area contributed by atoms with Gasteiger partial charge in [-0.1, -0.05) is 93.0 Å². The fourth-order valence-corrected chi connectivity index (χ4v) is 5.90. The molecule has 76 heavy (non-hydrogen) atoms. The summed E-state index contributed by atoms with van der Waals surface area (Å²) in [5.74, 6) is 1.99. The lowest BCUT2D eigenvalue weighted by atomic mass is 10.1. The Bertz CT molecular complexity index is 2740. The molecule has 0 bridgehead atoms. The van der Waals surface area contributed by atoms with E-state index in [0.29, 0.717) is 35.0 Å². The monoisotopic (exact) mass is 1070 g/mol. The highest BCUT2D eigenvalue weighted by molar-refractivity contribution is 6.33. The van der Waals surface area contributed by atoms with Crippen LogP contribution in [-0.2, 0) is 40.1 Å². The molecule has 0 saturated heterocycles. The number of pyridine rings is 4. The Hall–Kier alpha value is -7.25. The Morgan fingerprint density at radius 1 is 0.500 bits per heavy atom. The highest BCUT2D eigenvalue weighted by Crippen LogP contribution is 2.43. The molecule has 5 amide bonds. The van der Waals surface area contributed by atoms with E-state index in [-0.39, 0.29) is 70.5 Å². The minimum atomic E-state index is -0.517. The second-order valence-corrected chi connectivity index (χ2v) is 19.9. The molecule has 19 nitrogen and oxygen atoms in total. The Morgan fingerprint density at radius 3 is 1.38 bits per heavy atom. The molecular formula is C56H78ClN11O8. The largest absolute Gasteiger partial charge is 0.465 e. The molecule has 0 spiro atoms. The highest BCUT2D eigenvalue weighted by atomic mass is 35.5. The van der Waals surface area contributed by atoms with Crippen molar-refractivity contribution in [1.82, 2.24) is 29.9 Å². The molecule has 0 atom stereocenters. The number of esters is 1. The Morgan fingerprint density at radius 2 is 0.908 bits per heavy atom. The first-order chi connectivity index (χ1) is 35.7. The quantitative estimate of drug-likeness (QED) is 0.0648. The third kappa shape index (κ3) is 23.5. The van der Waals surface area contributed by atoms with Crippen molar-refractivity contribution in [3.8, 4) is 0 Å². The number of nitrogens with one attached hydrogen (secondary N) is 5. The molecule has 1 aliphatic carbocycles. The summed E-state index contributed by atoms with van der Waals surface area (Å²) in [7, 11) is 2.91. The highest BCUT2D eigenvalue weighted by Gasteiger charge is 2.27. The zero-order valence-electron chi connectivity index (χ0n) is 47.2. The minimum absolute atomic E-state index is 0.00522. The van der Waals surface area contributed by atoms with Crippen molar-refractivity contribution in [3.63, 3.8) is 0 Å². The molecule has 1 aliphatic rings. The molecule has 1 fully saturated rings. The van der Waals surface area contributed by atoms with E-state index in [1.165, 1.54) is 31.7 Å². The van der Waals surface area contributed by atoms with E-state index >= 15 is 0 Å². The minimum Gasteiger partial charge on any atom is -0.465 e. The first-order valence-corrected chi connectivity index (χ1v) is 25.5. The van der Waals surface area contributed by atoms with Crippen LogP contribution in [0.1, 0.15) is 138 Å². The smallest absolute Gasteiger partial charge is 0.341 e. The molecule has 0 unspecified atom stereocenters. The summed E-state index contributed by atoms with van der Waals surface area (Å²) >= 11 is 5.87. The average Bonchev–Trinajstić information content (AvgIpc) is 4.20. The van der Waals surface area contributed by atoms with Crippen molar-refractivity contribution in [3.05, 3.63) is 111 Å². The summed E-state index contributed by atoms with van der Waals surface area (Å²) in [6.07, 6.45) is 5.61. The predicted molar refractivity (Wildman–Crippen MR) is 299 cm³/mol. The maximum atomic E-state index is 11.7. The summed E-state index contributed by atoms with van der Waals surface area (Å²) in [6, 6.07) is 14.7. The number of ether oxygens (including phenoxy) is 2. The molecule has 6 rings (SSSR count). The third-order valence-electron chi connectivity index (χ3n) is 10.5. The lowest BCUT2D eigenvalue weighted by Gasteiger charge is -2.11. The molecule has 5 heterocycles. The molecule has 412 valence electrons. The molecule has 0 radical (unpaired) electrons. The van der Waals surface area contributed by atoms with Gasteiger partial charge in [0.15, 0.2) is 11.6 Å². The number of hydrogen-bond acceptors (Lipinski definition) is 14. The van der Waals surface area contributed by atoms with Gasteiger partial charge in [0.2, 0.25) is 29.5 Å². The number of anilines is 5. The maximum absolute atomic E-state index is 11.7. The van der Waals surface area contributed by atoms with E-state index in [1.54, 1.807) is 58.3 Å². The number of methoxy groups -OCH3 is 2. The number of halogens is 1. The number of rotatable bonds is 14. The molecule has 20 heteroatoms. The van der Waals surface area contributed by atoms with Crippen LogP contribution in [0.2, 0.25) is 5.02 Å². The van der Waals surface area contributed by atoms with Crippen molar-refractivity contribution in [1.29, 1.82) is 0 Å². The topological polar surface area (TPSA) is 258 Å². The molecule has 5 aromatic rings. The van der Waals surface area contributed by atoms with Crippen LogP contribution in [0.25, 0.3) is 0 Å². The van der Waals surface area contributed by atoms with Gasteiger partial charge >= 0.3 is 5.97 Å². The summed E-state index contributed by atoms with van der Waals surface area (Å²) in [6.45, 7) is 28.1. The van der Waals surface area contributed by atoms with E-state index < -0.39 is 5.97 Å². The van der Waals surface area contributed by atoms with Crippen LogP contribution in [0.4, 0.5) is 29.1 Å². The predicted octanol–water partition coefficient (Wildman–Crippen LogP) is 10.8. The van der Waals surface area contributed by atoms with Gasteiger partial charge < -0.3 is 36.1 Å². The van der Waals surface area contributed by atoms with Crippen LogP contribution < -0.4 is 26.6 Å². The summed E-state index contributed by atoms with van der Waals surface area (Å²) < 4.78 is 9.69. The van der Waals surface area contributed by atoms with Crippen LogP contribution in [0, 0.1) is 64.2 Å². The number of hydrogen-bond donors (Lipinski definition) is 5. The van der Waals surface area contributed by atoms with Gasteiger partial charge in [-0.25, -0.2) is 29.7 Å². The number of aromatic nitrogens is 6. The van der Waals surface area contributed by atoms with Gasteiger partial charge in [-0.05, 0) is 95.3 Å². The first-order valence-electron chi connectivity index (χ1n) is 25.1. The summed E-state index contributed by atoms with van der Waals surface area (Å²) in [5.41, 5.74) is 6.50. The van der Waals surface area contributed by atoms with Crippen molar-refractivity contribution >= 4 is 76.2 Å². The fraction of sp³-hybridized carbons (Fsp3) is 0.464. The van der Waals surface area contributed by atoms with Crippen LogP contribution in [0.5, 0.6) is 0 Å². The van der Waals surface area contributed by atoms with E-state index in [0.717, 1.165) is 39.9 Å². The van der Waals surface area contributed by atoms with Crippen LogP contribution in [0.3, 0.4) is 0 Å². The molecule has 1 saturated carbocycles. The maximum Gasteiger partial charge on any atom is 0.341 e. The van der Waals surface area contributed by atoms with E-state index in [1.807, 2.05) is 101 Å². The lowest BCUT2D eigenvalue weighted by molar-refractivity contribution is -0.119. The van der Waals surface area contributed by atoms with Crippen LogP contribution >= 0.6 is 11.6 Å². The van der Waals surface area contributed by atoms with Gasteiger partial charge in [-0.2, -0.15) is 0 Å². The van der Waals surface area contributed by atoms with Gasteiger partial charge in [0.05, 0.1) is 30.6 Å². The normalized spacial score (nSPS) is 11.4. The molecular weight excluding hydrogens is 990 g/mol. The molecule has 5 N–H and O–H groups in total. The Balaban J connectivity index is 0.000000326. The van der Waals surface area contributed by atoms with Crippen LogP contribution in [0.15, 0.2) is 60.9 Å². The average molecular weight is 1070 g/mol. The SMILES string of the molecule is COC(=O)c1ccc(C)nc1NC(=O)C(C)C.COCc1ccc(C)nc1NC(=O)C(C)C.Cc1ccc(C2CC2)c(NC(=O)C(C)C)n1.Cc1ccc(Cl)c(NC(=O)C(C)C)n1.Cc1cncc(NC(=O)C(C)C)n1. The number of aryl methyl sites for hydroxylation is 5. The van der Waals surface area contributed by atoms with Crippen molar-refractivity contribution in [2.45, 2.75) is 129 Å². The second-order valence-electron chi connectivity index (χ2n) is 19.4. The number of amides is 5. The van der Waals surface area contributed by atoms with E-state index in [2.05, 4.69) is 67.3 Å². The number of carbonyl (C=O) groups is 6. The van der Waals surface area contributed by atoms with Gasteiger partial charge in [0, 0.05) is 71.2 Å². The van der Waals surface area contributed by atoms with Crippen LogP contribution in [-0.4, -0.2) is 79.6 Å². The molecule has 0 aromatic carbocycles. The second kappa shape index (κ2) is 32.2. The Labute approximate surface area is 453 Å². The van der Waals surface area contributed by atoms with Crippen molar-refractivity contribution < 1.29 is 38.2 Å². The van der Waals surface area contributed by atoms with E-state index in [9.17, 15) is 28.8 Å². The zero-order valence-corrected chi connectivity index (χ0v) is 47.9. The number of nitrogens with zero attached hydrogens (tertiary/aromatic N) is 6. The van der Waals surface area contributed by atoms with Crippen molar-refractivity contribution in [2.24, 2.45) is 29.6 Å².